The maximum atomic E-state index is 5.45. The second kappa shape index (κ2) is 5.76. The first-order chi connectivity index (χ1) is 10.7. The normalized spacial score (nSPS) is 13.1. The summed E-state index contributed by atoms with van der Waals surface area (Å²) in [5, 5.41) is 0. The van der Waals surface area contributed by atoms with E-state index in [0.29, 0.717) is 0 Å². The topological polar surface area (TPSA) is 27.7 Å². The van der Waals surface area contributed by atoms with Gasteiger partial charge in [-0.1, -0.05) is 17.7 Å². The Morgan fingerprint density at radius 3 is 2.05 bits per heavy atom. The molecule has 0 aromatic heterocycles. The summed E-state index contributed by atoms with van der Waals surface area (Å²) < 4.78 is 16.1. The Labute approximate surface area is 131 Å². The summed E-state index contributed by atoms with van der Waals surface area (Å²) in [5.74, 6) is 2.42. The number of methoxy groups -OCH3 is 3. The van der Waals surface area contributed by atoms with Crippen molar-refractivity contribution in [3.8, 4) is 17.2 Å². The highest BCUT2D eigenvalue weighted by Gasteiger charge is 2.23. The third-order valence-electron chi connectivity index (χ3n) is 4.14. The number of ether oxygens (including phenoxy) is 3. The predicted molar refractivity (Wildman–Crippen MR) is 87.9 cm³/mol. The Kier molecular flexibility index (Phi) is 3.80. The van der Waals surface area contributed by atoms with E-state index >= 15 is 0 Å². The molecule has 114 valence electrons. The summed E-state index contributed by atoms with van der Waals surface area (Å²) in [6, 6.07) is 12.3. The Morgan fingerprint density at radius 1 is 0.818 bits per heavy atom. The van der Waals surface area contributed by atoms with Crippen LogP contribution in [0.3, 0.4) is 0 Å². The molecule has 0 spiro atoms. The average Bonchev–Trinajstić information content (AvgIpc) is 2.88. The van der Waals surface area contributed by atoms with Crippen LogP contribution in [0.5, 0.6) is 17.2 Å². The van der Waals surface area contributed by atoms with Gasteiger partial charge in [0.15, 0.2) is 11.5 Å². The van der Waals surface area contributed by atoms with E-state index in [1.165, 1.54) is 27.8 Å². The van der Waals surface area contributed by atoms with Crippen molar-refractivity contribution in [2.45, 2.75) is 13.3 Å². The summed E-state index contributed by atoms with van der Waals surface area (Å²) in [4.78, 5) is 0. The van der Waals surface area contributed by atoms with E-state index in [-0.39, 0.29) is 0 Å². The molecule has 3 nitrogen and oxygen atoms in total. The first-order valence-electron chi connectivity index (χ1n) is 7.27. The molecule has 0 aliphatic heterocycles. The molecule has 3 rings (SSSR count). The second-order valence-corrected chi connectivity index (χ2v) is 5.42. The number of fused-ring (bicyclic) bond motifs is 1. The largest absolute Gasteiger partial charge is 0.497 e. The molecule has 2 aromatic carbocycles. The molecule has 0 radical (unpaired) electrons. The SMILES string of the molecule is COc1ccc(C2=C(C)Cc3cc(OC)c(OC)cc32)cc1. The van der Waals surface area contributed by atoms with Gasteiger partial charge in [-0.3, -0.25) is 0 Å². The molecule has 0 unspecified atom stereocenters. The minimum absolute atomic E-state index is 0.766. The van der Waals surface area contributed by atoms with E-state index < -0.39 is 0 Å². The van der Waals surface area contributed by atoms with Crippen LogP contribution < -0.4 is 14.2 Å². The van der Waals surface area contributed by atoms with Crippen LogP contribution in [0.15, 0.2) is 42.0 Å². The van der Waals surface area contributed by atoms with Crippen LogP contribution >= 0.6 is 0 Å². The zero-order valence-corrected chi connectivity index (χ0v) is 13.4. The molecule has 3 heteroatoms. The van der Waals surface area contributed by atoms with Crippen LogP contribution in [-0.2, 0) is 6.42 Å². The van der Waals surface area contributed by atoms with Crippen LogP contribution in [-0.4, -0.2) is 21.3 Å². The maximum absolute atomic E-state index is 5.45. The van der Waals surface area contributed by atoms with Gasteiger partial charge in [-0.25, -0.2) is 0 Å². The zero-order chi connectivity index (χ0) is 15.7. The lowest BCUT2D eigenvalue weighted by Gasteiger charge is -2.13. The van der Waals surface area contributed by atoms with Gasteiger partial charge in [0.2, 0.25) is 0 Å². The molecule has 0 amide bonds. The lowest BCUT2D eigenvalue weighted by atomic mass is 9.97. The van der Waals surface area contributed by atoms with Crippen molar-refractivity contribution < 1.29 is 14.2 Å². The van der Waals surface area contributed by atoms with Gasteiger partial charge in [-0.2, -0.15) is 0 Å². The quantitative estimate of drug-likeness (QED) is 0.850. The smallest absolute Gasteiger partial charge is 0.161 e. The van der Waals surface area contributed by atoms with Crippen LogP contribution in [0.25, 0.3) is 5.57 Å². The van der Waals surface area contributed by atoms with E-state index in [1.807, 2.05) is 12.1 Å². The van der Waals surface area contributed by atoms with Crippen molar-refractivity contribution in [2.75, 3.05) is 21.3 Å². The third-order valence-corrected chi connectivity index (χ3v) is 4.14. The van der Waals surface area contributed by atoms with E-state index in [1.54, 1.807) is 21.3 Å². The van der Waals surface area contributed by atoms with Gasteiger partial charge in [-0.15, -0.1) is 0 Å². The summed E-state index contributed by atoms with van der Waals surface area (Å²) in [5.41, 5.74) is 6.33. The van der Waals surface area contributed by atoms with Gasteiger partial charge >= 0.3 is 0 Å². The van der Waals surface area contributed by atoms with Crippen molar-refractivity contribution in [3.63, 3.8) is 0 Å². The van der Waals surface area contributed by atoms with Crippen molar-refractivity contribution in [3.05, 3.63) is 58.7 Å². The average molecular weight is 296 g/mol. The van der Waals surface area contributed by atoms with Crippen molar-refractivity contribution >= 4 is 5.57 Å². The molecule has 0 saturated heterocycles. The Hall–Kier alpha value is -2.42. The van der Waals surface area contributed by atoms with Crippen molar-refractivity contribution in [1.29, 1.82) is 0 Å². The number of rotatable bonds is 4. The van der Waals surface area contributed by atoms with Crippen LogP contribution in [0, 0.1) is 0 Å². The number of hydrogen-bond donors (Lipinski definition) is 0. The van der Waals surface area contributed by atoms with Gasteiger partial charge in [0, 0.05) is 0 Å². The first-order valence-corrected chi connectivity index (χ1v) is 7.27. The van der Waals surface area contributed by atoms with Gasteiger partial charge in [0.05, 0.1) is 21.3 Å². The number of hydrogen-bond acceptors (Lipinski definition) is 3. The molecule has 0 N–H and O–H groups in total. The van der Waals surface area contributed by atoms with Crippen LogP contribution in [0.2, 0.25) is 0 Å². The summed E-state index contributed by atoms with van der Waals surface area (Å²) in [6.45, 7) is 2.18. The second-order valence-electron chi connectivity index (χ2n) is 5.42. The highest BCUT2D eigenvalue weighted by molar-refractivity contribution is 5.88. The summed E-state index contributed by atoms with van der Waals surface area (Å²) in [7, 11) is 5.02. The minimum Gasteiger partial charge on any atom is -0.497 e. The molecular formula is C19H20O3. The highest BCUT2D eigenvalue weighted by Crippen LogP contribution is 2.42. The molecular weight excluding hydrogens is 276 g/mol. The molecule has 0 heterocycles. The highest BCUT2D eigenvalue weighted by atomic mass is 16.5. The van der Waals surface area contributed by atoms with Gasteiger partial charge in [-0.05, 0) is 59.9 Å². The molecule has 22 heavy (non-hydrogen) atoms. The molecule has 2 aromatic rings. The lowest BCUT2D eigenvalue weighted by molar-refractivity contribution is 0.354. The molecule has 0 atom stereocenters. The zero-order valence-electron chi connectivity index (χ0n) is 13.4. The molecule has 1 aliphatic carbocycles. The van der Waals surface area contributed by atoms with E-state index in [0.717, 1.165) is 23.7 Å². The Morgan fingerprint density at radius 2 is 1.45 bits per heavy atom. The van der Waals surface area contributed by atoms with Crippen LogP contribution in [0.4, 0.5) is 0 Å². The monoisotopic (exact) mass is 296 g/mol. The van der Waals surface area contributed by atoms with E-state index in [2.05, 4.69) is 31.2 Å². The summed E-state index contributed by atoms with van der Waals surface area (Å²) >= 11 is 0. The van der Waals surface area contributed by atoms with Crippen molar-refractivity contribution in [1.82, 2.24) is 0 Å². The Balaban J connectivity index is 2.09. The Bertz CT molecular complexity index is 727. The standard InChI is InChI=1S/C19H20O3/c1-12-9-14-10-17(21-3)18(22-4)11-16(14)19(12)13-5-7-15(20-2)8-6-13/h5-8,10-11H,9H2,1-4H3. The summed E-state index contributed by atoms with van der Waals surface area (Å²) in [6.07, 6.45) is 0.942. The fourth-order valence-corrected chi connectivity index (χ4v) is 3.06. The third kappa shape index (κ3) is 2.33. The fourth-order valence-electron chi connectivity index (χ4n) is 3.06. The van der Waals surface area contributed by atoms with E-state index in [9.17, 15) is 0 Å². The van der Waals surface area contributed by atoms with Crippen LogP contribution in [0.1, 0.15) is 23.6 Å². The molecule has 0 bridgehead atoms. The molecule has 1 aliphatic rings. The van der Waals surface area contributed by atoms with Gasteiger partial charge in [0.25, 0.3) is 0 Å². The molecule has 0 fully saturated rings. The number of allylic oxidation sites excluding steroid dienone is 1. The van der Waals surface area contributed by atoms with Gasteiger partial charge < -0.3 is 14.2 Å². The predicted octanol–water partition coefficient (Wildman–Crippen LogP) is 4.09. The fraction of sp³-hybridized carbons (Fsp3) is 0.263. The van der Waals surface area contributed by atoms with E-state index in [4.69, 9.17) is 14.2 Å². The molecule has 0 saturated carbocycles. The van der Waals surface area contributed by atoms with Crippen molar-refractivity contribution in [2.24, 2.45) is 0 Å². The number of benzene rings is 2. The van der Waals surface area contributed by atoms with Gasteiger partial charge in [0.1, 0.15) is 5.75 Å². The maximum Gasteiger partial charge on any atom is 0.161 e. The first kappa shape index (κ1) is 14.5. The minimum atomic E-state index is 0.766. The lowest BCUT2D eigenvalue weighted by Crippen LogP contribution is -1.95.